The zero-order valence-electron chi connectivity index (χ0n) is 27.5. The van der Waals surface area contributed by atoms with E-state index < -0.39 is 11.7 Å². The van der Waals surface area contributed by atoms with Gasteiger partial charge < -0.3 is 34.7 Å². The molecule has 0 bridgehead atoms. The van der Waals surface area contributed by atoms with E-state index in [1.165, 1.54) is 0 Å². The van der Waals surface area contributed by atoms with Crippen LogP contribution >= 0.6 is 0 Å². The maximum absolute atomic E-state index is 13.5. The van der Waals surface area contributed by atoms with Gasteiger partial charge in [-0.15, -0.1) is 0 Å². The van der Waals surface area contributed by atoms with Crippen LogP contribution in [0, 0.1) is 0 Å². The van der Waals surface area contributed by atoms with Gasteiger partial charge in [0.2, 0.25) is 0 Å². The Morgan fingerprint density at radius 2 is 1.83 bits per heavy atom. The van der Waals surface area contributed by atoms with Crippen LogP contribution in [0.3, 0.4) is 0 Å². The first kappa shape index (κ1) is 32.3. The minimum absolute atomic E-state index is 0.00621. The number of ether oxygens (including phenoxy) is 3. The lowest BCUT2D eigenvalue weighted by Crippen LogP contribution is -2.48. The third-order valence-electron chi connectivity index (χ3n) is 8.31. The van der Waals surface area contributed by atoms with Gasteiger partial charge in [-0.2, -0.15) is 0 Å². The van der Waals surface area contributed by atoms with Crippen molar-refractivity contribution < 1.29 is 23.8 Å². The van der Waals surface area contributed by atoms with Crippen molar-refractivity contribution in [3.63, 3.8) is 0 Å². The fraction of sp³-hybridized carbons (Fsp3) is 0.429. The van der Waals surface area contributed by atoms with Crippen LogP contribution in [0.4, 0.5) is 16.3 Å². The number of alkyl carbamates (subject to hydrolysis) is 1. The summed E-state index contributed by atoms with van der Waals surface area (Å²) in [5.41, 5.74) is 4.24. The number of anilines is 2. The standard InChI is InChI=1S/C35H43N7O5/c1-35(2,3)47-34(44)39-26-6-5-13-41(21-26)20-23-7-12-30(45-4)27(18-23)33(43)38-25-10-8-24(9-11-25)29-19-28-31(40-29)36-22-37-32(28)42-14-16-46-17-15-42/h7-12,18-19,22,26H,5-6,13-17,20-21H2,1-4H3,(H,38,43)(H,39,44)(H,36,37,40)/t26-/m1/s1. The Bertz CT molecular complexity index is 1710. The highest BCUT2D eigenvalue weighted by molar-refractivity contribution is 6.06. The quantitative estimate of drug-likeness (QED) is 0.237. The molecule has 2 saturated heterocycles. The number of rotatable bonds is 8. The lowest BCUT2D eigenvalue weighted by molar-refractivity contribution is 0.0470. The zero-order chi connectivity index (χ0) is 33.0. The molecule has 4 heterocycles. The largest absolute Gasteiger partial charge is 0.496 e. The van der Waals surface area contributed by atoms with E-state index in [1.807, 2.05) is 63.2 Å². The van der Waals surface area contributed by atoms with Gasteiger partial charge in [0, 0.05) is 43.6 Å². The number of fused-ring (bicyclic) bond motifs is 1. The highest BCUT2D eigenvalue weighted by Gasteiger charge is 2.25. The molecule has 0 aliphatic carbocycles. The Labute approximate surface area is 274 Å². The summed E-state index contributed by atoms with van der Waals surface area (Å²) in [5, 5.41) is 6.99. The van der Waals surface area contributed by atoms with E-state index in [0.717, 1.165) is 66.1 Å². The van der Waals surface area contributed by atoms with Crippen LogP contribution in [0.15, 0.2) is 54.9 Å². The van der Waals surface area contributed by atoms with Gasteiger partial charge in [-0.05, 0) is 81.6 Å². The summed E-state index contributed by atoms with van der Waals surface area (Å²) in [6.45, 7) is 10.8. The number of H-pyrrole nitrogens is 1. The maximum Gasteiger partial charge on any atom is 0.407 e. The Morgan fingerprint density at radius 3 is 2.57 bits per heavy atom. The SMILES string of the molecule is COc1ccc(CN2CCC[C@@H](NC(=O)OC(C)(C)C)C2)cc1C(=O)Nc1ccc(-c2cc3c(N4CCOCC4)ncnc3[nH]2)cc1. The smallest absolute Gasteiger partial charge is 0.407 e. The number of benzene rings is 2. The number of hydrogen-bond acceptors (Lipinski definition) is 9. The van der Waals surface area contributed by atoms with Crippen LogP contribution in [0.2, 0.25) is 0 Å². The summed E-state index contributed by atoms with van der Waals surface area (Å²) >= 11 is 0. The van der Waals surface area contributed by atoms with Crippen molar-refractivity contribution in [1.82, 2.24) is 25.2 Å². The molecule has 0 radical (unpaired) electrons. The topological polar surface area (TPSA) is 134 Å². The Kier molecular flexibility index (Phi) is 9.60. The Morgan fingerprint density at radius 1 is 1.04 bits per heavy atom. The maximum atomic E-state index is 13.5. The second kappa shape index (κ2) is 14.0. The average molecular weight is 642 g/mol. The number of hydrogen-bond donors (Lipinski definition) is 3. The van der Waals surface area contributed by atoms with E-state index in [0.29, 0.717) is 43.3 Å². The van der Waals surface area contributed by atoms with Gasteiger partial charge in [-0.1, -0.05) is 18.2 Å². The summed E-state index contributed by atoms with van der Waals surface area (Å²) < 4.78 is 16.5. The predicted molar refractivity (Wildman–Crippen MR) is 181 cm³/mol. The lowest BCUT2D eigenvalue weighted by atomic mass is 10.0. The summed E-state index contributed by atoms with van der Waals surface area (Å²) in [4.78, 5) is 42.7. The number of likely N-dealkylation sites (tertiary alicyclic amines) is 1. The van der Waals surface area contributed by atoms with Crippen LogP contribution in [0.1, 0.15) is 49.5 Å². The number of piperidine rings is 1. The van der Waals surface area contributed by atoms with Gasteiger partial charge in [0.15, 0.2) is 0 Å². The van der Waals surface area contributed by atoms with Gasteiger partial charge in [0.05, 0.1) is 31.3 Å². The zero-order valence-corrected chi connectivity index (χ0v) is 27.5. The number of amides is 2. The third kappa shape index (κ3) is 8.01. The molecule has 2 fully saturated rings. The number of aromatic nitrogens is 3. The van der Waals surface area contributed by atoms with Crippen molar-refractivity contribution in [2.24, 2.45) is 0 Å². The highest BCUT2D eigenvalue weighted by Crippen LogP contribution is 2.30. The van der Waals surface area contributed by atoms with E-state index in [9.17, 15) is 9.59 Å². The first-order chi connectivity index (χ1) is 22.6. The molecule has 2 aliphatic rings. The number of nitrogens with zero attached hydrogens (tertiary/aromatic N) is 4. The molecule has 2 amide bonds. The van der Waals surface area contributed by atoms with Gasteiger partial charge >= 0.3 is 6.09 Å². The second-order valence-corrected chi connectivity index (χ2v) is 13.0. The third-order valence-corrected chi connectivity index (χ3v) is 8.31. The Balaban J connectivity index is 1.11. The van der Waals surface area contributed by atoms with Crippen LogP contribution in [-0.4, -0.2) is 90.0 Å². The van der Waals surface area contributed by atoms with Crippen molar-refractivity contribution in [2.75, 3.05) is 56.7 Å². The van der Waals surface area contributed by atoms with Gasteiger partial charge in [-0.3, -0.25) is 9.69 Å². The van der Waals surface area contributed by atoms with E-state index in [4.69, 9.17) is 14.2 Å². The number of morpholine rings is 1. The molecule has 2 aromatic carbocycles. The molecular weight excluding hydrogens is 598 g/mol. The summed E-state index contributed by atoms with van der Waals surface area (Å²) in [6.07, 6.45) is 3.05. The summed E-state index contributed by atoms with van der Waals surface area (Å²) in [7, 11) is 1.56. The summed E-state index contributed by atoms with van der Waals surface area (Å²) in [5.74, 6) is 1.15. The minimum Gasteiger partial charge on any atom is -0.496 e. The van der Waals surface area contributed by atoms with E-state index >= 15 is 0 Å². The van der Waals surface area contributed by atoms with E-state index in [1.54, 1.807) is 13.4 Å². The first-order valence-electron chi connectivity index (χ1n) is 16.1. The number of carbonyl (C=O) groups excluding carboxylic acids is 2. The van der Waals surface area contributed by atoms with Crippen molar-refractivity contribution in [3.05, 3.63) is 66.0 Å². The molecule has 0 spiro atoms. The molecule has 0 saturated carbocycles. The highest BCUT2D eigenvalue weighted by atomic mass is 16.6. The lowest BCUT2D eigenvalue weighted by Gasteiger charge is -2.33. The normalized spacial score (nSPS) is 17.4. The predicted octanol–water partition coefficient (Wildman–Crippen LogP) is 5.21. The van der Waals surface area contributed by atoms with Crippen LogP contribution in [-0.2, 0) is 16.0 Å². The molecule has 1 atom stereocenters. The fourth-order valence-corrected chi connectivity index (χ4v) is 6.12. The average Bonchev–Trinajstić information content (AvgIpc) is 3.49. The monoisotopic (exact) mass is 641 g/mol. The van der Waals surface area contributed by atoms with Gasteiger partial charge in [-0.25, -0.2) is 14.8 Å². The van der Waals surface area contributed by atoms with Gasteiger partial charge in [0.1, 0.15) is 29.1 Å². The van der Waals surface area contributed by atoms with E-state index in [2.05, 4.69) is 41.5 Å². The van der Waals surface area contributed by atoms with E-state index in [-0.39, 0.29) is 11.9 Å². The molecule has 6 rings (SSSR count). The number of aromatic amines is 1. The first-order valence-corrected chi connectivity index (χ1v) is 16.1. The molecule has 2 aromatic heterocycles. The molecule has 2 aliphatic heterocycles. The van der Waals surface area contributed by atoms with Crippen LogP contribution in [0.5, 0.6) is 5.75 Å². The molecule has 248 valence electrons. The van der Waals surface area contributed by atoms with Crippen LogP contribution < -0.4 is 20.3 Å². The molecule has 12 heteroatoms. The molecule has 47 heavy (non-hydrogen) atoms. The van der Waals surface area contributed by atoms with Crippen LogP contribution in [0.25, 0.3) is 22.3 Å². The van der Waals surface area contributed by atoms with Gasteiger partial charge in [0.25, 0.3) is 5.91 Å². The second-order valence-electron chi connectivity index (χ2n) is 13.0. The van der Waals surface area contributed by atoms with Crippen molar-refractivity contribution >= 4 is 34.5 Å². The molecule has 12 nitrogen and oxygen atoms in total. The number of methoxy groups -OCH3 is 1. The fourth-order valence-electron chi connectivity index (χ4n) is 6.12. The Hall–Kier alpha value is -4.68. The molecule has 3 N–H and O–H groups in total. The molecular formula is C35H43N7O5. The molecule has 0 unspecified atom stereocenters. The minimum atomic E-state index is -0.540. The molecule has 4 aromatic rings. The summed E-state index contributed by atoms with van der Waals surface area (Å²) in [6, 6.07) is 15.5. The number of nitrogens with one attached hydrogen (secondary N) is 3. The van der Waals surface area contributed by atoms with Crippen molar-refractivity contribution in [1.29, 1.82) is 0 Å². The van der Waals surface area contributed by atoms with Crippen molar-refractivity contribution in [2.45, 2.75) is 51.8 Å². The van der Waals surface area contributed by atoms with Crippen molar-refractivity contribution in [3.8, 4) is 17.0 Å². The number of carbonyl (C=O) groups is 2.